The predicted octanol–water partition coefficient (Wildman–Crippen LogP) is 6.95. The van der Waals surface area contributed by atoms with Gasteiger partial charge in [0, 0.05) is 6.92 Å². The molecule has 3 heterocycles. The van der Waals surface area contributed by atoms with Crippen LogP contribution < -0.4 is 10.1 Å². The largest absolute Gasteiger partial charge is 0.497 e. The van der Waals surface area contributed by atoms with E-state index in [2.05, 4.69) is 5.32 Å². The minimum Gasteiger partial charge on any atom is -0.497 e. The molecule has 0 spiro atoms. The van der Waals surface area contributed by atoms with Gasteiger partial charge in [0.15, 0.2) is 18.9 Å². The van der Waals surface area contributed by atoms with Crippen molar-refractivity contribution in [2.45, 2.75) is 146 Å². The van der Waals surface area contributed by atoms with E-state index in [-0.39, 0.29) is 46.2 Å². The van der Waals surface area contributed by atoms with Gasteiger partial charge in [-0.1, -0.05) is 164 Å². The number of aliphatic hydroxyl groups is 3. The van der Waals surface area contributed by atoms with Crippen molar-refractivity contribution in [1.82, 2.24) is 5.32 Å². The summed E-state index contributed by atoms with van der Waals surface area (Å²) in [6.45, 7) is 3.21. The van der Waals surface area contributed by atoms with Crippen LogP contribution in [-0.4, -0.2) is 134 Å². The number of amides is 1. The summed E-state index contributed by atoms with van der Waals surface area (Å²) in [6, 6.07) is 54.7. The normalized spacial score (nSPS) is 28.7. The van der Waals surface area contributed by atoms with Crippen molar-refractivity contribution in [2.75, 3.05) is 20.3 Å². The molecule has 3 aliphatic rings. The van der Waals surface area contributed by atoms with E-state index < -0.39 is 105 Å². The van der Waals surface area contributed by atoms with Crippen molar-refractivity contribution in [3.63, 3.8) is 0 Å². The van der Waals surface area contributed by atoms with Crippen molar-refractivity contribution >= 4 is 5.91 Å². The Bertz CT molecular complexity index is 2720. The third-order valence-electron chi connectivity index (χ3n) is 14.3. The molecule has 4 N–H and O–H groups in total. The zero-order chi connectivity index (χ0) is 55.6. The van der Waals surface area contributed by atoms with Gasteiger partial charge < -0.3 is 77.5 Å². The molecular weight excluding hydrogens is 1030 g/mol. The molecule has 6 aromatic carbocycles. The zero-order valence-electron chi connectivity index (χ0n) is 45.2. The smallest absolute Gasteiger partial charge is 0.217 e. The van der Waals surface area contributed by atoms with Gasteiger partial charge in [-0.15, -0.1) is 0 Å². The van der Waals surface area contributed by atoms with Crippen LogP contribution in [0.25, 0.3) is 0 Å². The first-order valence-corrected chi connectivity index (χ1v) is 27.1. The van der Waals surface area contributed by atoms with Crippen molar-refractivity contribution in [1.29, 1.82) is 0 Å². The molecule has 17 nitrogen and oxygen atoms in total. The van der Waals surface area contributed by atoms with Gasteiger partial charge in [0.05, 0.1) is 66.1 Å². The molecule has 80 heavy (non-hydrogen) atoms. The van der Waals surface area contributed by atoms with Crippen LogP contribution in [0.5, 0.6) is 5.75 Å². The lowest BCUT2D eigenvalue weighted by Gasteiger charge is -2.51. The Morgan fingerprint density at radius 1 is 0.463 bits per heavy atom. The monoisotopic (exact) mass is 1100 g/mol. The molecule has 15 atom stereocenters. The second kappa shape index (κ2) is 29.7. The minimum absolute atomic E-state index is 0.0589. The summed E-state index contributed by atoms with van der Waals surface area (Å²) in [5, 5.41) is 35.8. The van der Waals surface area contributed by atoms with E-state index in [0.29, 0.717) is 5.75 Å². The highest BCUT2D eigenvalue weighted by Crippen LogP contribution is 2.38. The maximum absolute atomic E-state index is 12.8. The summed E-state index contributed by atoms with van der Waals surface area (Å²) >= 11 is 0. The second-order valence-corrected chi connectivity index (χ2v) is 20.1. The van der Waals surface area contributed by atoms with E-state index in [4.69, 9.17) is 56.8 Å². The minimum atomic E-state index is -1.62. The predicted molar refractivity (Wildman–Crippen MR) is 292 cm³/mol. The molecule has 9 rings (SSSR count). The van der Waals surface area contributed by atoms with Gasteiger partial charge in [-0.3, -0.25) is 4.79 Å². The Kier molecular flexibility index (Phi) is 21.8. The summed E-state index contributed by atoms with van der Waals surface area (Å²) in [6.07, 6.45) is -16.2. The van der Waals surface area contributed by atoms with Gasteiger partial charge in [-0.25, -0.2) is 0 Å². The molecule has 0 radical (unpaired) electrons. The molecule has 0 aromatic heterocycles. The summed E-state index contributed by atoms with van der Waals surface area (Å²) in [4.78, 5) is 12.8. The highest BCUT2D eigenvalue weighted by atomic mass is 16.8. The maximum atomic E-state index is 12.8. The van der Waals surface area contributed by atoms with Crippen LogP contribution in [-0.2, 0) is 96.5 Å². The Morgan fingerprint density at radius 2 is 0.887 bits per heavy atom. The van der Waals surface area contributed by atoms with E-state index in [1.165, 1.54) is 6.92 Å². The number of nitrogens with one attached hydrogen (secondary N) is 1. The highest BCUT2D eigenvalue weighted by Gasteiger charge is 2.56. The fourth-order valence-corrected chi connectivity index (χ4v) is 10.1. The number of carbonyl (C=O) groups is 1. The van der Waals surface area contributed by atoms with Crippen LogP contribution in [0.2, 0.25) is 0 Å². The second-order valence-electron chi connectivity index (χ2n) is 20.1. The van der Waals surface area contributed by atoms with Crippen LogP contribution in [0.1, 0.15) is 47.2 Å². The Hall–Kier alpha value is -5.97. The third-order valence-corrected chi connectivity index (χ3v) is 14.3. The number of rotatable bonds is 26. The molecule has 3 saturated heterocycles. The fraction of sp³-hybridized carbons (Fsp3) is 0.413. The summed E-state index contributed by atoms with van der Waals surface area (Å²) in [5.74, 6) is 0.179. The summed E-state index contributed by atoms with van der Waals surface area (Å²) in [7, 11) is 1.62. The molecular formula is C63H73NO16. The third kappa shape index (κ3) is 15.9. The Labute approximate surface area is 467 Å². The molecule has 0 unspecified atom stereocenters. The van der Waals surface area contributed by atoms with Gasteiger partial charge in [0.2, 0.25) is 5.91 Å². The molecule has 1 amide bonds. The molecule has 17 heteroatoms. The van der Waals surface area contributed by atoms with Crippen molar-refractivity contribution in [3.8, 4) is 5.75 Å². The number of carbonyl (C=O) groups excluding carboxylic acids is 1. The van der Waals surface area contributed by atoms with Gasteiger partial charge >= 0.3 is 0 Å². The number of aliphatic hydroxyl groups excluding tert-OH is 3. The van der Waals surface area contributed by atoms with Gasteiger partial charge in [0.25, 0.3) is 0 Å². The van der Waals surface area contributed by atoms with Gasteiger partial charge in [-0.2, -0.15) is 0 Å². The lowest BCUT2D eigenvalue weighted by atomic mass is 9.94. The molecule has 426 valence electrons. The van der Waals surface area contributed by atoms with Crippen LogP contribution in [0.3, 0.4) is 0 Å². The quantitative estimate of drug-likeness (QED) is 0.0434. The first kappa shape index (κ1) is 58.7. The topological polar surface area (TPSA) is 201 Å². The molecule has 3 aliphatic heterocycles. The number of benzene rings is 6. The number of ether oxygens (including phenoxy) is 12. The van der Waals surface area contributed by atoms with Crippen molar-refractivity contribution < 1.29 is 77.0 Å². The maximum Gasteiger partial charge on any atom is 0.217 e. The zero-order valence-corrected chi connectivity index (χ0v) is 45.2. The Balaban J connectivity index is 1.14. The van der Waals surface area contributed by atoms with Crippen molar-refractivity contribution in [3.05, 3.63) is 209 Å². The highest BCUT2D eigenvalue weighted by molar-refractivity contribution is 5.73. The van der Waals surface area contributed by atoms with E-state index in [9.17, 15) is 20.1 Å². The van der Waals surface area contributed by atoms with Crippen LogP contribution in [0.4, 0.5) is 0 Å². The molecule has 6 aromatic rings. The first-order valence-electron chi connectivity index (χ1n) is 27.1. The lowest BCUT2D eigenvalue weighted by Crippen LogP contribution is -2.69. The summed E-state index contributed by atoms with van der Waals surface area (Å²) < 4.78 is 81.4. The van der Waals surface area contributed by atoms with E-state index in [1.54, 1.807) is 7.11 Å². The number of hydrogen-bond acceptors (Lipinski definition) is 16. The van der Waals surface area contributed by atoms with Crippen LogP contribution in [0.15, 0.2) is 176 Å². The lowest BCUT2D eigenvalue weighted by molar-refractivity contribution is -0.387. The van der Waals surface area contributed by atoms with E-state index >= 15 is 0 Å². The van der Waals surface area contributed by atoms with Gasteiger partial charge in [-0.05, 0) is 52.4 Å². The van der Waals surface area contributed by atoms with Crippen LogP contribution >= 0.6 is 0 Å². The van der Waals surface area contributed by atoms with E-state index in [0.717, 1.165) is 33.4 Å². The molecule has 0 bridgehead atoms. The number of methoxy groups -OCH3 is 1. The van der Waals surface area contributed by atoms with Gasteiger partial charge in [0.1, 0.15) is 72.8 Å². The molecule has 0 saturated carbocycles. The summed E-state index contributed by atoms with van der Waals surface area (Å²) in [5.41, 5.74) is 5.25. The fourth-order valence-electron chi connectivity index (χ4n) is 10.1. The molecule has 0 aliphatic carbocycles. The molecule has 3 fully saturated rings. The van der Waals surface area contributed by atoms with E-state index in [1.807, 2.05) is 183 Å². The first-order chi connectivity index (χ1) is 39.1. The average Bonchev–Trinajstić information content (AvgIpc) is 3.67. The van der Waals surface area contributed by atoms with Crippen LogP contribution in [0, 0.1) is 0 Å². The standard InChI is InChI=1S/C63H73NO16/c1-41-55(71-35-44-21-11-5-12-22-44)58(60(74-38-47-27-17-8-18-28-47)62(76-41)75-39-48-29-31-49(69-3)32-30-48)80-63-59(73-37-46-25-15-7-16-26-46)57(72-36-45-23-13-6-14-24-45)56(51(78-63)40-70-34-43-19-9-4-10-20-43)79-61-52(64-42(2)66)54(68)53(67)50(33-65)77-61/h4-32,41,50-63,65,67-68H,33-40H2,1-3H3,(H,64,66)/t41-,50+,51+,52-,53+,54+,55-,56+,57-,58+,59+,60+,61-,62+,63-/m0/s1. The Morgan fingerprint density at radius 3 is 1.38 bits per heavy atom. The number of hydrogen-bond donors (Lipinski definition) is 4. The average molecular weight is 1100 g/mol. The van der Waals surface area contributed by atoms with Crippen molar-refractivity contribution in [2.24, 2.45) is 0 Å². The SMILES string of the molecule is COc1ccc(CO[C@@H]2O[C@@H](C)[C@H](OCc3ccccc3)[C@@H](O[C@@H]3O[C@H](COCc4ccccc4)[C@@H](O[C@@H]4O[C@H](CO)[C@@H](O)[C@H](O)[C@@H]4NC(C)=O)[C@H](OCc4ccccc4)[C@H]3OCc3ccccc3)[C@H]2OCc2ccccc2)cc1.